The lowest BCUT2D eigenvalue weighted by Crippen LogP contribution is -2.38. The number of benzene rings is 2. The van der Waals surface area contributed by atoms with E-state index in [1.807, 2.05) is 0 Å². The number of morpholine rings is 1. The summed E-state index contributed by atoms with van der Waals surface area (Å²) in [4.78, 5) is 10.3. The summed E-state index contributed by atoms with van der Waals surface area (Å²) in [5.41, 5.74) is 1.00. The molecule has 10 nitrogen and oxygen atoms in total. The number of sulfonamides is 1. The molecule has 0 spiro atoms. The number of nitrogens with one attached hydrogen (secondary N) is 2. The van der Waals surface area contributed by atoms with Gasteiger partial charge in [-0.1, -0.05) is 6.07 Å². The number of hydrogen-bond donors (Lipinski definition) is 3. The van der Waals surface area contributed by atoms with Gasteiger partial charge in [-0.3, -0.25) is 4.90 Å². The van der Waals surface area contributed by atoms with Gasteiger partial charge in [-0.25, -0.2) is 22.9 Å². The van der Waals surface area contributed by atoms with Crippen molar-refractivity contribution in [1.29, 1.82) is 0 Å². The monoisotopic (exact) mass is 488 g/mol. The van der Waals surface area contributed by atoms with Crippen molar-refractivity contribution in [2.45, 2.75) is 4.90 Å². The maximum absolute atomic E-state index is 14.3. The molecule has 2 heterocycles. The summed E-state index contributed by atoms with van der Waals surface area (Å²) in [7, 11) is -3.86. The van der Waals surface area contributed by atoms with Crippen LogP contribution in [0.5, 0.6) is 5.75 Å². The molecule has 12 heteroatoms. The maximum Gasteiger partial charge on any atom is 0.238 e. The van der Waals surface area contributed by atoms with E-state index in [0.29, 0.717) is 23.7 Å². The molecule has 1 saturated heterocycles. The van der Waals surface area contributed by atoms with Gasteiger partial charge in [-0.2, -0.15) is 4.98 Å². The Labute approximate surface area is 197 Å². The minimum Gasteiger partial charge on any atom is -0.492 e. The first kappa shape index (κ1) is 23.8. The minimum absolute atomic E-state index is 0.0407. The highest BCUT2D eigenvalue weighted by Crippen LogP contribution is 2.23. The number of primary sulfonamides is 1. The molecule has 180 valence electrons. The van der Waals surface area contributed by atoms with Crippen molar-refractivity contribution in [2.75, 3.05) is 50.1 Å². The first-order chi connectivity index (χ1) is 16.4. The second-order valence-electron chi connectivity index (χ2n) is 7.54. The molecule has 4 rings (SSSR count). The number of aromatic nitrogens is 2. The molecule has 0 bridgehead atoms. The van der Waals surface area contributed by atoms with Gasteiger partial charge in [0.15, 0.2) is 11.6 Å². The zero-order valence-electron chi connectivity index (χ0n) is 18.3. The smallest absolute Gasteiger partial charge is 0.238 e. The van der Waals surface area contributed by atoms with Crippen LogP contribution in [0, 0.1) is 5.82 Å². The van der Waals surface area contributed by atoms with E-state index in [1.54, 1.807) is 30.3 Å². The minimum atomic E-state index is -3.86. The normalized spacial score (nSPS) is 14.5. The van der Waals surface area contributed by atoms with Gasteiger partial charge >= 0.3 is 0 Å². The van der Waals surface area contributed by atoms with Crippen LogP contribution in [0.25, 0.3) is 0 Å². The molecule has 0 radical (unpaired) electrons. The highest BCUT2D eigenvalue weighted by Gasteiger charge is 2.12. The van der Waals surface area contributed by atoms with Crippen molar-refractivity contribution >= 4 is 33.2 Å². The largest absolute Gasteiger partial charge is 0.492 e. The van der Waals surface area contributed by atoms with E-state index in [2.05, 4.69) is 25.5 Å². The quantitative estimate of drug-likeness (QED) is 0.415. The third-order valence-corrected chi connectivity index (χ3v) is 5.97. The van der Waals surface area contributed by atoms with Crippen LogP contribution in [0.4, 0.5) is 27.5 Å². The lowest BCUT2D eigenvalue weighted by molar-refractivity contribution is 0.0322. The van der Waals surface area contributed by atoms with E-state index in [-0.39, 0.29) is 16.7 Å². The molecule has 0 saturated carbocycles. The Morgan fingerprint density at radius 2 is 1.85 bits per heavy atom. The summed E-state index contributed by atoms with van der Waals surface area (Å²) in [5.74, 6) is 0.105. The van der Waals surface area contributed by atoms with Crippen molar-refractivity contribution in [1.82, 2.24) is 14.9 Å². The van der Waals surface area contributed by atoms with E-state index in [9.17, 15) is 12.8 Å². The fourth-order valence-electron chi connectivity index (χ4n) is 3.28. The topological polar surface area (TPSA) is 132 Å². The standard InChI is InChI=1S/C22H25FN6O4S/c23-20-15-25-22(27-17-2-1-3-19(14-17)34(24,30)31)28-21(20)26-16-4-6-18(7-5-16)33-13-10-29-8-11-32-12-9-29/h1-7,14-15H,8-13H2,(H2,24,30,31)(H2,25,26,27,28). The number of nitrogens with two attached hydrogens (primary N) is 1. The van der Waals surface area contributed by atoms with Gasteiger partial charge in [0.1, 0.15) is 12.4 Å². The predicted octanol–water partition coefficient (Wildman–Crippen LogP) is 2.46. The van der Waals surface area contributed by atoms with E-state index < -0.39 is 15.8 Å². The van der Waals surface area contributed by atoms with Crippen LogP contribution in [0.15, 0.2) is 59.6 Å². The average molecular weight is 489 g/mol. The Morgan fingerprint density at radius 1 is 1.09 bits per heavy atom. The van der Waals surface area contributed by atoms with Gasteiger partial charge in [0.25, 0.3) is 0 Å². The van der Waals surface area contributed by atoms with Crippen LogP contribution in [0.1, 0.15) is 0 Å². The van der Waals surface area contributed by atoms with Crippen molar-refractivity contribution in [3.05, 3.63) is 60.5 Å². The first-order valence-corrected chi connectivity index (χ1v) is 12.1. The Balaban J connectivity index is 1.36. The molecule has 0 atom stereocenters. The average Bonchev–Trinajstić information content (AvgIpc) is 2.83. The molecule has 3 aromatic rings. The third-order valence-electron chi connectivity index (χ3n) is 5.06. The van der Waals surface area contributed by atoms with Gasteiger partial charge in [0, 0.05) is 31.0 Å². The number of nitrogens with zero attached hydrogens (tertiary/aromatic N) is 3. The van der Waals surface area contributed by atoms with E-state index >= 15 is 0 Å². The number of ether oxygens (including phenoxy) is 2. The van der Waals surface area contributed by atoms with Gasteiger partial charge in [0.05, 0.1) is 24.3 Å². The lowest BCUT2D eigenvalue weighted by atomic mass is 10.3. The van der Waals surface area contributed by atoms with Crippen LogP contribution in [-0.2, 0) is 14.8 Å². The molecular formula is C22H25FN6O4S. The van der Waals surface area contributed by atoms with Gasteiger partial charge in [0.2, 0.25) is 16.0 Å². The number of anilines is 4. The van der Waals surface area contributed by atoms with Crippen LogP contribution in [-0.4, -0.2) is 62.7 Å². The van der Waals surface area contributed by atoms with Crippen LogP contribution in [0.2, 0.25) is 0 Å². The fraction of sp³-hybridized carbons (Fsp3) is 0.273. The molecule has 1 aliphatic heterocycles. The summed E-state index contributed by atoms with van der Waals surface area (Å²) in [6, 6.07) is 12.9. The van der Waals surface area contributed by atoms with Crippen LogP contribution in [0.3, 0.4) is 0 Å². The summed E-state index contributed by atoms with van der Waals surface area (Å²) in [6.45, 7) is 4.70. The summed E-state index contributed by atoms with van der Waals surface area (Å²) in [6.07, 6.45) is 1.02. The number of halogens is 1. The van der Waals surface area contributed by atoms with E-state index in [4.69, 9.17) is 14.6 Å². The zero-order valence-corrected chi connectivity index (χ0v) is 19.1. The second-order valence-corrected chi connectivity index (χ2v) is 9.10. The molecule has 1 aromatic heterocycles. The molecule has 2 aromatic carbocycles. The Hall–Kier alpha value is -3.32. The molecular weight excluding hydrogens is 463 g/mol. The van der Waals surface area contributed by atoms with Gasteiger partial charge in [-0.05, 0) is 42.5 Å². The third kappa shape index (κ3) is 6.60. The lowest BCUT2D eigenvalue weighted by Gasteiger charge is -2.26. The highest BCUT2D eigenvalue weighted by molar-refractivity contribution is 7.89. The maximum atomic E-state index is 14.3. The molecule has 1 aliphatic rings. The second kappa shape index (κ2) is 10.7. The van der Waals surface area contributed by atoms with Crippen molar-refractivity contribution in [3.8, 4) is 5.75 Å². The Bertz CT molecular complexity index is 1220. The Kier molecular flexibility index (Phi) is 7.53. The van der Waals surface area contributed by atoms with Crippen LogP contribution >= 0.6 is 0 Å². The SMILES string of the molecule is NS(=O)(=O)c1cccc(Nc2ncc(F)c(Nc3ccc(OCCN4CCOCC4)cc3)n2)c1. The number of hydrogen-bond acceptors (Lipinski definition) is 9. The number of rotatable bonds is 9. The van der Waals surface area contributed by atoms with Crippen molar-refractivity contribution in [2.24, 2.45) is 5.14 Å². The van der Waals surface area contributed by atoms with E-state index in [0.717, 1.165) is 39.0 Å². The fourth-order valence-corrected chi connectivity index (χ4v) is 3.84. The molecule has 4 N–H and O–H groups in total. The van der Waals surface area contributed by atoms with Crippen LogP contribution < -0.4 is 20.5 Å². The predicted molar refractivity (Wildman–Crippen MR) is 126 cm³/mol. The molecule has 34 heavy (non-hydrogen) atoms. The molecule has 1 fully saturated rings. The summed E-state index contributed by atoms with van der Waals surface area (Å²) < 4.78 is 48.5. The zero-order chi connectivity index (χ0) is 24.0. The first-order valence-electron chi connectivity index (χ1n) is 10.6. The molecule has 0 aliphatic carbocycles. The van der Waals surface area contributed by atoms with Crippen molar-refractivity contribution in [3.63, 3.8) is 0 Å². The molecule has 0 amide bonds. The molecule has 0 unspecified atom stereocenters. The Morgan fingerprint density at radius 3 is 2.59 bits per heavy atom. The van der Waals surface area contributed by atoms with Crippen molar-refractivity contribution < 1.29 is 22.3 Å². The highest BCUT2D eigenvalue weighted by atomic mass is 32.2. The van der Waals surface area contributed by atoms with Gasteiger partial charge in [-0.15, -0.1) is 0 Å². The summed E-state index contributed by atoms with van der Waals surface area (Å²) >= 11 is 0. The van der Waals surface area contributed by atoms with E-state index in [1.165, 1.54) is 18.2 Å². The van der Waals surface area contributed by atoms with Gasteiger partial charge < -0.3 is 20.1 Å². The summed E-state index contributed by atoms with van der Waals surface area (Å²) in [5, 5.41) is 10.9.